The molecule has 0 N–H and O–H groups in total. The molecule has 1 aliphatic carbocycles. The largest absolute Gasteiger partial charge is 0.372 e. The van der Waals surface area contributed by atoms with Crippen LogP contribution >= 0.6 is 15.9 Å². The van der Waals surface area contributed by atoms with Gasteiger partial charge in [0.15, 0.2) is 0 Å². The second-order valence-electron chi connectivity index (χ2n) is 4.55. The highest BCUT2D eigenvalue weighted by Gasteiger charge is 2.38. The Morgan fingerprint density at radius 3 is 2.62 bits per heavy atom. The number of hydrogen-bond donors (Lipinski definition) is 0. The van der Waals surface area contributed by atoms with Gasteiger partial charge in [-0.05, 0) is 40.9 Å². The Labute approximate surface area is 105 Å². The Hall–Kier alpha value is -1.01. The van der Waals surface area contributed by atoms with E-state index in [2.05, 4.69) is 40.0 Å². The van der Waals surface area contributed by atoms with Crippen molar-refractivity contribution in [1.29, 1.82) is 5.26 Å². The predicted octanol–water partition coefficient (Wildman–Crippen LogP) is 3.58. The first kappa shape index (κ1) is 11.5. The van der Waals surface area contributed by atoms with E-state index in [1.54, 1.807) is 0 Å². The molecular formula is C13H15BrN2. The Bertz CT molecular complexity index is 418. The van der Waals surface area contributed by atoms with Gasteiger partial charge in [0.25, 0.3) is 0 Å². The molecule has 1 aliphatic rings. The van der Waals surface area contributed by atoms with Crippen molar-refractivity contribution < 1.29 is 0 Å². The van der Waals surface area contributed by atoms with E-state index in [0.717, 1.165) is 29.5 Å². The molecule has 0 saturated heterocycles. The lowest BCUT2D eigenvalue weighted by Gasteiger charge is -2.39. The summed E-state index contributed by atoms with van der Waals surface area (Å²) in [6, 6.07) is 10.6. The monoisotopic (exact) mass is 278 g/mol. The van der Waals surface area contributed by atoms with Crippen LogP contribution in [-0.4, -0.2) is 13.6 Å². The van der Waals surface area contributed by atoms with E-state index >= 15 is 0 Å². The summed E-state index contributed by atoms with van der Waals surface area (Å²) in [5.74, 6) is 0. The van der Waals surface area contributed by atoms with Gasteiger partial charge in [-0.2, -0.15) is 5.26 Å². The maximum Gasteiger partial charge on any atom is 0.0748 e. The zero-order chi connectivity index (χ0) is 11.6. The SMILES string of the molecule is CN(CC1(C#N)CCC1)c1ccccc1Br. The summed E-state index contributed by atoms with van der Waals surface area (Å²) in [4.78, 5) is 2.17. The molecule has 0 radical (unpaired) electrons. The normalized spacial score (nSPS) is 17.3. The van der Waals surface area contributed by atoms with Gasteiger partial charge in [-0.25, -0.2) is 0 Å². The van der Waals surface area contributed by atoms with Crippen LogP contribution in [0.2, 0.25) is 0 Å². The van der Waals surface area contributed by atoms with Crippen molar-refractivity contribution in [2.45, 2.75) is 19.3 Å². The molecule has 16 heavy (non-hydrogen) atoms. The first-order valence-corrected chi connectivity index (χ1v) is 6.33. The zero-order valence-corrected chi connectivity index (χ0v) is 11.0. The quantitative estimate of drug-likeness (QED) is 0.845. The van der Waals surface area contributed by atoms with Crippen LogP contribution in [0.4, 0.5) is 5.69 Å². The van der Waals surface area contributed by atoms with E-state index in [9.17, 15) is 5.26 Å². The number of para-hydroxylation sites is 1. The third-order valence-electron chi connectivity index (χ3n) is 3.35. The third-order valence-corrected chi connectivity index (χ3v) is 4.02. The molecule has 1 aromatic carbocycles. The lowest BCUT2D eigenvalue weighted by Crippen LogP contribution is -2.39. The van der Waals surface area contributed by atoms with Gasteiger partial charge in [0.1, 0.15) is 0 Å². The van der Waals surface area contributed by atoms with Crippen LogP contribution in [0.3, 0.4) is 0 Å². The highest BCUT2D eigenvalue weighted by atomic mass is 79.9. The predicted molar refractivity (Wildman–Crippen MR) is 69.3 cm³/mol. The van der Waals surface area contributed by atoms with Crippen LogP contribution in [0, 0.1) is 16.7 Å². The highest BCUT2D eigenvalue weighted by molar-refractivity contribution is 9.10. The standard InChI is InChI=1S/C13H15BrN2/c1-16(10-13(9-15)7-4-8-13)12-6-3-2-5-11(12)14/h2-3,5-6H,4,7-8,10H2,1H3. The Kier molecular flexibility index (Phi) is 3.20. The van der Waals surface area contributed by atoms with E-state index in [-0.39, 0.29) is 5.41 Å². The molecule has 2 rings (SSSR count). The molecule has 0 aromatic heterocycles. The topological polar surface area (TPSA) is 27.0 Å². The van der Waals surface area contributed by atoms with E-state index in [4.69, 9.17) is 0 Å². The maximum absolute atomic E-state index is 9.21. The molecule has 1 aromatic rings. The molecule has 0 atom stereocenters. The van der Waals surface area contributed by atoms with Gasteiger partial charge in [-0.1, -0.05) is 18.6 Å². The Balaban J connectivity index is 2.12. The van der Waals surface area contributed by atoms with Crippen LogP contribution < -0.4 is 4.90 Å². The summed E-state index contributed by atoms with van der Waals surface area (Å²) in [5, 5.41) is 9.21. The van der Waals surface area contributed by atoms with Crippen LogP contribution in [0.15, 0.2) is 28.7 Å². The van der Waals surface area contributed by atoms with Crippen molar-refractivity contribution in [1.82, 2.24) is 0 Å². The van der Waals surface area contributed by atoms with Gasteiger partial charge in [0.2, 0.25) is 0 Å². The third kappa shape index (κ3) is 2.08. The average Bonchev–Trinajstić information content (AvgIpc) is 2.24. The first-order valence-electron chi connectivity index (χ1n) is 5.54. The lowest BCUT2D eigenvalue weighted by molar-refractivity contribution is 0.223. The summed E-state index contributed by atoms with van der Waals surface area (Å²) in [7, 11) is 2.05. The lowest BCUT2D eigenvalue weighted by atomic mass is 9.69. The second-order valence-corrected chi connectivity index (χ2v) is 5.41. The molecule has 0 spiro atoms. The molecule has 1 saturated carbocycles. The molecule has 0 bridgehead atoms. The average molecular weight is 279 g/mol. The van der Waals surface area contributed by atoms with Gasteiger partial charge in [0.05, 0.1) is 17.2 Å². The second kappa shape index (κ2) is 4.47. The van der Waals surface area contributed by atoms with Crippen LogP contribution in [0.25, 0.3) is 0 Å². The van der Waals surface area contributed by atoms with E-state index < -0.39 is 0 Å². The zero-order valence-electron chi connectivity index (χ0n) is 9.41. The maximum atomic E-state index is 9.21. The molecule has 0 amide bonds. The number of benzene rings is 1. The van der Waals surface area contributed by atoms with Crippen LogP contribution in [-0.2, 0) is 0 Å². The molecule has 3 heteroatoms. The summed E-state index contributed by atoms with van der Waals surface area (Å²) < 4.78 is 1.09. The molecule has 0 aliphatic heterocycles. The van der Waals surface area contributed by atoms with Gasteiger partial charge in [0, 0.05) is 18.1 Å². The fraction of sp³-hybridized carbons (Fsp3) is 0.462. The van der Waals surface area contributed by atoms with Crippen LogP contribution in [0.1, 0.15) is 19.3 Å². The van der Waals surface area contributed by atoms with Crippen molar-refractivity contribution >= 4 is 21.6 Å². The fourth-order valence-corrected chi connectivity index (χ4v) is 2.80. The fourth-order valence-electron chi connectivity index (χ4n) is 2.21. The molecule has 84 valence electrons. The first-order chi connectivity index (χ1) is 7.67. The number of halogens is 1. The van der Waals surface area contributed by atoms with Gasteiger partial charge < -0.3 is 4.90 Å². The Morgan fingerprint density at radius 2 is 2.12 bits per heavy atom. The molecule has 1 fully saturated rings. The minimum atomic E-state index is -0.107. The number of rotatable bonds is 3. The smallest absolute Gasteiger partial charge is 0.0748 e. The van der Waals surface area contributed by atoms with E-state index in [1.807, 2.05) is 18.2 Å². The van der Waals surface area contributed by atoms with E-state index in [1.165, 1.54) is 6.42 Å². The number of anilines is 1. The molecule has 2 nitrogen and oxygen atoms in total. The molecule has 0 heterocycles. The van der Waals surface area contributed by atoms with Gasteiger partial charge >= 0.3 is 0 Å². The number of hydrogen-bond acceptors (Lipinski definition) is 2. The minimum Gasteiger partial charge on any atom is -0.372 e. The summed E-state index contributed by atoms with van der Waals surface area (Å²) in [6.45, 7) is 0.826. The molecule has 0 unspecified atom stereocenters. The van der Waals surface area contributed by atoms with Gasteiger partial charge in [-0.3, -0.25) is 0 Å². The van der Waals surface area contributed by atoms with Crippen molar-refractivity contribution in [2.24, 2.45) is 5.41 Å². The Morgan fingerprint density at radius 1 is 1.44 bits per heavy atom. The molecular weight excluding hydrogens is 264 g/mol. The van der Waals surface area contributed by atoms with Crippen molar-refractivity contribution in [3.05, 3.63) is 28.7 Å². The van der Waals surface area contributed by atoms with Gasteiger partial charge in [-0.15, -0.1) is 0 Å². The summed E-state index contributed by atoms with van der Waals surface area (Å²) >= 11 is 3.54. The minimum absolute atomic E-state index is 0.107. The summed E-state index contributed by atoms with van der Waals surface area (Å²) in [5.41, 5.74) is 1.05. The van der Waals surface area contributed by atoms with Crippen molar-refractivity contribution in [2.75, 3.05) is 18.5 Å². The number of nitriles is 1. The number of nitrogens with zero attached hydrogens (tertiary/aromatic N) is 2. The van der Waals surface area contributed by atoms with Crippen LogP contribution in [0.5, 0.6) is 0 Å². The van der Waals surface area contributed by atoms with Crippen molar-refractivity contribution in [3.8, 4) is 6.07 Å². The highest BCUT2D eigenvalue weighted by Crippen LogP contribution is 2.41. The van der Waals surface area contributed by atoms with E-state index in [0.29, 0.717) is 0 Å². The summed E-state index contributed by atoms with van der Waals surface area (Å²) in [6.07, 6.45) is 3.27. The van der Waals surface area contributed by atoms with Crippen molar-refractivity contribution in [3.63, 3.8) is 0 Å².